The number of rotatable bonds is 7. The number of benzene rings is 1. The summed E-state index contributed by atoms with van der Waals surface area (Å²) in [6.07, 6.45) is 0.202. The maximum atomic E-state index is 12.6. The lowest BCUT2D eigenvalue weighted by atomic mass is 9.91. The molecule has 0 amide bonds. The average molecular weight is 299 g/mol. The van der Waals surface area contributed by atoms with Crippen LogP contribution in [0.4, 0.5) is 13.2 Å². The molecular weight excluding hydrogens is 275 g/mol. The van der Waals surface area contributed by atoms with Crippen molar-refractivity contribution in [3.63, 3.8) is 0 Å². The van der Waals surface area contributed by atoms with E-state index in [4.69, 9.17) is 0 Å². The molecule has 1 N–H and O–H groups in total. The van der Waals surface area contributed by atoms with Gasteiger partial charge >= 0.3 is 6.18 Å². The van der Waals surface area contributed by atoms with E-state index in [9.17, 15) is 13.2 Å². The Kier molecular flexibility index (Phi) is 5.31. The number of nitrogens with one attached hydrogen (secondary N) is 1. The van der Waals surface area contributed by atoms with Crippen LogP contribution in [-0.4, -0.2) is 12.6 Å². The third kappa shape index (κ3) is 4.73. The average Bonchev–Trinajstić information content (AvgIpc) is 3.26. The molecule has 0 radical (unpaired) electrons. The highest BCUT2D eigenvalue weighted by atomic mass is 19.4. The topological polar surface area (TPSA) is 12.0 Å². The van der Waals surface area contributed by atoms with Crippen molar-refractivity contribution in [1.82, 2.24) is 5.32 Å². The van der Waals surface area contributed by atoms with Gasteiger partial charge in [-0.15, -0.1) is 0 Å². The summed E-state index contributed by atoms with van der Waals surface area (Å²) in [5.41, 5.74) is 0.406. The minimum atomic E-state index is -4.25. The fourth-order valence-corrected chi connectivity index (χ4v) is 2.81. The van der Waals surface area contributed by atoms with Gasteiger partial charge in [-0.05, 0) is 61.8 Å². The van der Waals surface area contributed by atoms with Crippen LogP contribution in [-0.2, 0) is 12.6 Å². The Bertz CT molecular complexity index is 434. The molecule has 0 bridgehead atoms. The molecule has 0 saturated heterocycles. The number of hydrogen-bond acceptors (Lipinski definition) is 1. The molecule has 2 unspecified atom stereocenters. The zero-order valence-electron chi connectivity index (χ0n) is 12.7. The summed E-state index contributed by atoms with van der Waals surface area (Å²) in [6, 6.07) is 5.96. The standard InChI is InChI=1S/C17H24F3N/c1-3-10-21-16(12(2)14-6-7-14)11-13-4-8-15(9-5-13)17(18,19)20/h4-5,8-9,12,14,16,21H,3,6-7,10-11H2,1-2H3. The van der Waals surface area contributed by atoms with E-state index in [1.165, 1.54) is 25.0 Å². The quantitative estimate of drug-likeness (QED) is 0.772. The minimum absolute atomic E-state index is 0.356. The van der Waals surface area contributed by atoms with Crippen LogP contribution in [0.15, 0.2) is 24.3 Å². The van der Waals surface area contributed by atoms with Crippen LogP contribution in [0.1, 0.15) is 44.2 Å². The van der Waals surface area contributed by atoms with Gasteiger partial charge < -0.3 is 5.32 Å². The van der Waals surface area contributed by atoms with E-state index < -0.39 is 11.7 Å². The summed E-state index contributed by atoms with van der Waals surface area (Å²) in [7, 11) is 0. The van der Waals surface area contributed by atoms with Gasteiger partial charge in [0.25, 0.3) is 0 Å². The predicted molar refractivity (Wildman–Crippen MR) is 79.1 cm³/mol. The maximum Gasteiger partial charge on any atom is 0.416 e. The number of hydrogen-bond donors (Lipinski definition) is 1. The predicted octanol–water partition coefficient (Wildman–Crippen LogP) is 4.66. The van der Waals surface area contributed by atoms with Crippen molar-refractivity contribution in [1.29, 1.82) is 0 Å². The van der Waals surface area contributed by atoms with Crippen LogP contribution >= 0.6 is 0 Å². The fourth-order valence-electron chi connectivity index (χ4n) is 2.81. The van der Waals surface area contributed by atoms with Gasteiger partial charge in [-0.25, -0.2) is 0 Å². The molecule has 2 atom stereocenters. The van der Waals surface area contributed by atoms with Crippen molar-refractivity contribution in [2.24, 2.45) is 11.8 Å². The van der Waals surface area contributed by atoms with Crippen LogP contribution in [0.3, 0.4) is 0 Å². The van der Waals surface area contributed by atoms with E-state index in [-0.39, 0.29) is 0 Å². The Labute approximate surface area is 124 Å². The molecule has 1 nitrogen and oxygen atoms in total. The summed E-state index contributed by atoms with van der Waals surface area (Å²) in [5, 5.41) is 3.56. The van der Waals surface area contributed by atoms with Crippen molar-refractivity contribution in [2.75, 3.05) is 6.54 Å². The Morgan fingerprint density at radius 2 is 1.81 bits per heavy atom. The second kappa shape index (κ2) is 6.82. The van der Waals surface area contributed by atoms with Gasteiger partial charge in [-0.1, -0.05) is 26.0 Å². The van der Waals surface area contributed by atoms with E-state index in [2.05, 4.69) is 19.2 Å². The summed E-state index contributed by atoms with van der Waals surface area (Å²) in [6.45, 7) is 5.35. The second-order valence-electron chi connectivity index (χ2n) is 6.16. The first-order chi connectivity index (χ1) is 9.91. The van der Waals surface area contributed by atoms with Gasteiger partial charge in [-0.3, -0.25) is 0 Å². The van der Waals surface area contributed by atoms with Crippen molar-refractivity contribution in [3.05, 3.63) is 35.4 Å². The highest BCUT2D eigenvalue weighted by Crippen LogP contribution is 2.39. The van der Waals surface area contributed by atoms with Crippen molar-refractivity contribution in [2.45, 2.75) is 51.7 Å². The van der Waals surface area contributed by atoms with Gasteiger partial charge in [0.1, 0.15) is 0 Å². The highest BCUT2D eigenvalue weighted by Gasteiger charge is 2.33. The van der Waals surface area contributed by atoms with Crippen LogP contribution in [0.5, 0.6) is 0 Å². The molecule has 1 aliphatic rings. The molecule has 4 heteroatoms. The Morgan fingerprint density at radius 3 is 2.29 bits per heavy atom. The fraction of sp³-hybridized carbons (Fsp3) is 0.647. The van der Waals surface area contributed by atoms with Gasteiger partial charge in [0, 0.05) is 6.04 Å². The van der Waals surface area contributed by atoms with E-state index >= 15 is 0 Å². The molecule has 1 aromatic rings. The first kappa shape index (κ1) is 16.3. The maximum absolute atomic E-state index is 12.6. The summed E-state index contributed by atoms with van der Waals surface area (Å²) >= 11 is 0. The Morgan fingerprint density at radius 1 is 1.19 bits per heavy atom. The van der Waals surface area contributed by atoms with Crippen molar-refractivity contribution >= 4 is 0 Å². The lowest BCUT2D eigenvalue weighted by molar-refractivity contribution is -0.137. The smallest absolute Gasteiger partial charge is 0.313 e. The molecule has 1 aliphatic carbocycles. The molecule has 0 aliphatic heterocycles. The van der Waals surface area contributed by atoms with Crippen LogP contribution in [0.2, 0.25) is 0 Å². The third-order valence-electron chi connectivity index (χ3n) is 4.39. The van der Waals surface area contributed by atoms with Crippen LogP contribution in [0, 0.1) is 11.8 Å². The first-order valence-corrected chi connectivity index (χ1v) is 7.81. The van der Waals surface area contributed by atoms with Crippen molar-refractivity contribution in [3.8, 4) is 0 Å². The number of alkyl halides is 3. The molecule has 118 valence electrons. The van der Waals surface area contributed by atoms with Crippen molar-refractivity contribution < 1.29 is 13.2 Å². The zero-order valence-corrected chi connectivity index (χ0v) is 12.7. The van der Waals surface area contributed by atoms with Gasteiger partial charge in [0.05, 0.1) is 5.56 Å². The molecule has 0 aromatic heterocycles. The van der Waals surface area contributed by atoms with Crippen LogP contribution < -0.4 is 5.32 Å². The second-order valence-corrected chi connectivity index (χ2v) is 6.16. The molecule has 2 rings (SSSR count). The van der Waals surface area contributed by atoms with Gasteiger partial charge in [0.2, 0.25) is 0 Å². The number of halogens is 3. The molecule has 0 heterocycles. The van der Waals surface area contributed by atoms with E-state index in [1.807, 2.05) is 0 Å². The highest BCUT2D eigenvalue weighted by molar-refractivity contribution is 5.25. The van der Waals surface area contributed by atoms with E-state index in [1.54, 1.807) is 12.1 Å². The molecule has 1 fully saturated rings. The summed E-state index contributed by atoms with van der Waals surface area (Å²) < 4.78 is 37.7. The first-order valence-electron chi connectivity index (χ1n) is 7.81. The van der Waals surface area contributed by atoms with Crippen LogP contribution in [0.25, 0.3) is 0 Å². The van der Waals surface area contributed by atoms with Gasteiger partial charge in [-0.2, -0.15) is 13.2 Å². The Hall–Kier alpha value is -1.03. The molecule has 21 heavy (non-hydrogen) atoms. The zero-order chi connectivity index (χ0) is 15.5. The third-order valence-corrected chi connectivity index (χ3v) is 4.39. The minimum Gasteiger partial charge on any atom is -0.313 e. The van der Waals surface area contributed by atoms with Gasteiger partial charge in [0.15, 0.2) is 0 Å². The lowest BCUT2D eigenvalue weighted by Crippen LogP contribution is -2.38. The molecular formula is C17H24F3N. The summed E-state index contributed by atoms with van der Waals surface area (Å²) in [5.74, 6) is 1.37. The lowest BCUT2D eigenvalue weighted by Gasteiger charge is -2.25. The molecule has 1 aromatic carbocycles. The van der Waals surface area contributed by atoms with E-state index in [0.29, 0.717) is 12.0 Å². The molecule has 1 saturated carbocycles. The SMILES string of the molecule is CCCNC(Cc1ccc(C(F)(F)F)cc1)C(C)C1CC1. The largest absolute Gasteiger partial charge is 0.416 e. The summed E-state index contributed by atoms with van der Waals surface area (Å²) in [4.78, 5) is 0. The monoisotopic (exact) mass is 299 g/mol. The normalized spacial score (nSPS) is 18.5. The Balaban J connectivity index is 2.01. The molecule has 0 spiro atoms. The van der Waals surface area contributed by atoms with E-state index in [0.717, 1.165) is 30.9 Å².